The first-order chi connectivity index (χ1) is 6.86. The molecule has 0 aliphatic rings. The SMILES string of the molecule is C#CC(Cc1ccccc1)NCCC. The summed E-state index contributed by atoms with van der Waals surface area (Å²) in [6.07, 6.45) is 7.48. The Balaban J connectivity index is 2.46. The maximum Gasteiger partial charge on any atom is 0.0727 e. The van der Waals surface area contributed by atoms with Gasteiger partial charge in [0.15, 0.2) is 0 Å². The van der Waals surface area contributed by atoms with Crippen molar-refractivity contribution in [3.63, 3.8) is 0 Å². The van der Waals surface area contributed by atoms with Crippen LogP contribution < -0.4 is 5.32 Å². The van der Waals surface area contributed by atoms with Crippen LogP contribution in [0.4, 0.5) is 0 Å². The molecule has 0 radical (unpaired) electrons. The van der Waals surface area contributed by atoms with Gasteiger partial charge in [-0.15, -0.1) is 6.42 Å². The molecular formula is C13H17N. The number of rotatable bonds is 5. The van der Waals surface area contributed by atoms with Crippen LogP contribution in [0.2, 0.25) is 0 Å². The van der Waals surface area contributed by atoms with Crippen LogP contribution in [0.3, 0.4) is 0 Å². The number of hydrogen-bond acceptors (Lipinski definition) is 1. The van der Waals surface area contributed by atoms with Gasteiger partial charge in [-0.1, -0.05) is 43.2 Å². The third kappa shape index (κ3) is 3.64. The van der Waals surface area contributed by atoms with Crippen molar-refractivity contribution in [3.05, 3.63) is 35.9 Å². The lowest BCUT2D eigenvalue weighted by atomic mass is 10.1. The summed E-state index contributed by atoms with van der Waals surface area (Å²) < 4.78 is 0. The molecule has 0 aliphatic heterocycles. The van der Waals surface area contributed by atoms with Gasteiger partial charge in [-0.2, -0.15) is 0 Å². The van der Waals surface area contributed by atoms with E-state index in [0.717, 1.165) is 19.4 Å². The predicted molar refractivity (Wildman–Crippen MR) is 61.1 cm³/mol. The van der Waals surface area contributed by atoms with Crippen molar-refractivity contribution in [2.45, 2.75) is 25.8 Å². The average molecular weight is 187 g/mol. The predicted octanol–water partition coefficient (Wildman–Crippen LogP) is 2.23. The van der Waals surface area contributed by atoms with Crippen LogP contribution in [0.1, 0.15) is 18.9 Å². The van der Waals surface area contributed by atoms with Crippen LogP contribution in [0.15, 0.2) is 30.3 Å². The number of hydrogen-bond donors (Lipinski definition) is 1. The van der Waals surface area contributed by atoms with Gasteiger partial charge in [0.25, 0.3) is 0 Å². The Kier molecular flexibility index (Phi) is 4.82. The van der Waals surface area contributed by atoms with Gasteiger partial charge in [-0.25, -0.2) is 0 Å². The maximum atomic E-state index is 5.45. The fraction of sp³-hybridized carbons (Fsp3) is 0.385. The summed E-state index contributed by atoms with van der Waals surface area (Å²) in [4.78, 5) is 0. The van der Waals surface area contributed by atoms with E-state index in [9.17, 15) is 0 Å². The minimum Gasteiger partial charge on any atom is -0.303 e. The van der Waals surface area contributed by atoms with E-state index in [2.05, 4.69) is 30.3 Å². The summed E-state index contributed by atoms with van der Waals surface area (Å²) in [5.41, 5.74) is 1.29. The van der Waals surface area contributed by atoms with Crippen LogP contribution in [-0.2, 0) is 6.42 Å². The molecule has 0 heterocycles. The second-order valence-corrected chi connectivity index (χ2v) is 3.36. The van der Waals surface area contributed by atoms with E-state index < -0.39 is 0 Å². The second kappa shape index (κ2) is 6.23. The Morgan fingerprint density at radius 1 is 1.36 bits per heavy atom. The van der Waals surface area contributed by atoms with Crippen LogP contribution in [0, 0.1) is 12.3 Å². The standard InChI is InChI=1S/C13H17N/c1-3-10-14-13(4-2)11-12-8-6-5-7-9-12/h2,5-9,13-14H,3,10-11H2,1H3. The quantitative estimate of drug-likeness (QED) is 0.697. The first kappa shape index (κ1) is 10.8. The zero-order valence-electron chi connectivity index (χ0n) is 8.66. The smallest absolute Gasteiger partial charge is 0.0727 e. The van der Waals surface area contributed by atoms with Crippen LogP contribution in [-0.4, -0.2) is 12.6 Å². The Hall–Kier alpha value is -1.26. The lowest BCUT2D eigenvalue weighted by Gasteiger charge is -2.11. The largest absolute Gasteiger partial charge is 0.303 e. The number of nitrogens with one attached hydrogen (secondary N) is 1. The summed E-state index contributed by atoms with van der Waals surface area (Å²) in [7, 11) is 0. The molecule has 1 N–H and O–H groups in total. The van der Waals surface area contributed by atoms with E-state index in [1.54, 1.807) is 0 Å². The molecule has 1 rings (SSSR count). The lowest BCUT2D eigenvalue weighted by Crippen LogP contribution is -2.30. The minimum atomic E-state index is 0.164. The minimum absolute atomic E-state index is 0.164. The number of terminal acetylenes is 1. The molecular weight excluding hydrogens is 170 g/mol. The zero-order valence-corrected chi connectivity index (χ0v) is 8.66. The van der Waals surface area contributed by atoms with Crippen molar-refractivity contribution in [1.82, 2.24) is 5.32 Å². The highest BCUT2D eigenvalue weighted by Gasteiger charge is 2.03. The second-order valence-electron chi connectivity index (χ2n) is 3.36. The number of benzene rings is 1. The topological polar surface area (TPSA) is 12.0 Å². The molecule has 0 bridgehead atoms. The Bertz CT molecular complexity index is 284. The molecule has 0 fully saturated rings. The van der Waals surface area contributed by atoms with E-state index in [0.29, 0.717) is 0 Å². The fourth-order valence-electron chi connectivity index (χ4n) is 1.36. The van der Waals surface area contributed by atoms with E-state index >= 15 is 0 Å². The molecule has 74 valence electrons. The zero-order chi connectivity index (χ0) is 10.2. The molecule has 1 aromatic carbocycles. The first-order valence-electron chi connectivity index (χ1n) is 5.10. The van der Waals surface area contributed by atoms with Crippen LogP contribution in [0.5, 0.6) is 0 Å². The molecule has 0 spiro atoms. The summed E-state index contributed by atoms with van der Waals surface area (Å²) in [5, 5.41) is 3.33. The monoisotopic (exact) mass is 187 g/mol. The molecule has 0 aromatic heterocycles. The normalized spacial score (nSPS) is 12.0. The highest BCUT2D eigenvalue weighted by molar-refractivity contribution is 5.18. The van der Waals surface area contributed by atoms with Gasteiger partial charge in [0.2, 0.25) is 0 Å². The van der Waals surface area contributed by atoms with E-state index in [1.807, 2.05) is 18.2 Å². The molecule has 0 saturated heterocycles. The Labute approximate surface area is 86.5 Å². The van der Waals surface area contributed by atoms with E-state index in [4.69, 9.17) is 6.42 Å². The molecule has 1 atom stereocenters. The highest BCUT2D eigenvalue weighted by atomic mass is 14.9. The molecule has 0 amide bonds. The third-order valence-electron chi connectivity index (χ3n) is 2.12. The van der Waals surface area contributed by atoms with Gasteiger partial charge in [-0.05, 0) is 24.9 Å². The van der Waals surface area contributed by atoms with Crippen molar-refractivity contribution in [2.75, 3.05) is 6.54 Å². The summed E-state index contributed by atoms with van der Waals surface area (Å²) in [5.74, 6) is 2.77. The molecule has 1 aromatic rings. The van der Waals surface area contributed by atoms with E-state index in [1.165, 1.54) is 5.56 Å². The first-order valence-corrected chi connectivity index (χ1v) is 5.10. The molecule has 1 unspecified atom stereocenters. The molecule has 1 heteroatoms. The van der Waals surface area contributed by atoms with Gasteiger partial charge in [-0.3, -0.25) is 0 Å². The highest BCUT2D eigenvalue weighted by Crippen LogP contribution is 2.02. The van der Waals surface area contributed by atoms with Crippen LogP contribution in [0.25, 0.3) is 0 Å². The molecule has 14 heavy (non-hydrogen) atoms. The van der Waals surface area contributed by atoms with Gasteiger partial charge >= 0.3 is 0 Å². The molecule has 0 aliphatic carbocycles. The molecule has 1 nitrogen and oxygen atoms in total. The summed E-state index contributed by atoms with van der Waals surface area (Å²) in [6.45, 7) is 3.13. The van der Waals surface area contributed by atoms with Crippen molar-refractivity contribution in [3.8, 4) is 12.3 Å². The van der Waals surface area contributed by atoms with Gasteiger partial charge in [0.1, 0.15) is 0 Å². The fourth-order valence-corrected chi connectivity index (χ4v) is 1.36. The van der Waals surface area contributed by atoms with E-state index in [-0.39, 0.29) is 6.04 Å². The summed E-state index contributed by atoms with van der Waals surface area (Å²) >= 11 is 0. The third-order valence-corrected chi connectivity index (χ3v) is 2.12. The Morgan fingerprint density at radius 3 is 2.64 bits per heavy atom. The van der Waals surface area contributed by atoms with Gasteiger partial charge in [0.05, 0.1) is 6.04 Å². The Morgan fingerprint density at radius 2 is 2.07 bits per heavy atom. The van der Waals surface area contributed by atoms with Crippen LogP contribution >= 0.6 is 0 Å². The van der Waals surface area contributed by atoms with Gasteiger partial charge < -0.3 is 5.32 Å². The summed E-state index contributed by atoms with van der Waals surface area (Å²) in [6, 6.07) is 10.5. The van der Waals surface area contributed by atoms with Gasteiger partial charge in [0, 0.05) is 0 Å². The van der Waals surface area contributed by atoms with Crippen molar-refractivity contribution < 1.29 is 0 Å². The van der Waals surface area contributed by atoms with Crippen molar-refractivity contribution in [1.29, 1.82) is 0 Å². The lowest BCUT2D eigenvalue weighted by molar-refractivity contribution is 0.598. The van der Waals surface area contributed by atoms with Crippen molar-refractivity contribution in [2.24, 2.45) is 0 Å². The van der Waals surface area contributed by atoms with Crippen molar-refractivity contribution >= 4 is 0 Å². The maximum absolute atomic E-state index is 5.45. The molecule has 0 saturated carbocycles. The average Bonchev–Trinajstić information content (AvgIpc) is 2.25.